The van der Waals surface area contributed by atoms with Crippen LogP contribution in [0, 0.1) is 6.92 Å². The molecule has 4 rings (SSSR count). The maximum atomic E-state index is 12.2. The highest BCUT2D eigenvalue weighted by Gasteiger charge is 2.25. The van der Waals surface area contributed by atoms with Crippen molar-refractivity contribution in [2.24, 2.45) is 5.73 Å². The zero-order valence-electron chi connectivity index (χ0n) is 13.4. The third-order valence-corrected chi connectivity index (χ3v) is 6.38. The molecular formula is C19H17BrN2OS. The van der Waals surface area contributed by atoms with Gasteiger partial charge in [0.2, 0.25) is 0 Å². The second-order valence-electron chi connectivity index (χ2n) is 6.21. The minimum Gasteiger partial charge on any atom is -0.366 e. The summed E-state index contributed by atoms with van der Waals surface area (Å²) in [5.74, 6) is -0.407. The van der Waals surface area contributed by atoms with Gasteiger partial charge in [-0.25, -0.2) is 4.98 Å². The number of carbonyl (C=O) groups is 1. The van der Waals surface area contributed by atoms with Gasteiger partial charge < -0.3 is 5.73 Å². The fourth-order valence-electron chi connectivity index (χ4n) is 3.61. The van der Waals surface area contributed by atoms with Crippen LogP contribution in [0.5, 0.6) is 0 Å². The number of primary amides is 1. The van der Waals surface area contributed by atoms with Crippen molar-refractivity contribution in [3.8, 4) is 11.1 Å². The number of nitrogens with zero attached hydrogens (tertiary/aromatic N) is 1. The molecule has 2 aromatic heterocycles. The van der Waals surface area contributed by atoms with Crippen molar-refractivity contribution in [1.29, 1.82) is 0 Å². The van der Waals surface area contributed by atoms with Crippen LogP contribution in [0.25, 0.3) is 21.3 Å². The maximum Gasteiger partial charge on any atom is 0.251 e. The summed E-state index contributed by atoms with van der Waals surface area (Å²) >= 11 is 5.25. The molecule has 0 fully saturated rings. The first-order valence-corrected chi connectivity index (χ1v) is 9.68. The Morgan fingerprint density at radius 1 is 1.21 bits per heavy atom. The Morgan fingerprint density at radius 2 is 1.92 bits per heavy atom. The van der Waals surface area contributed by atoms with Crippen LogP contribution in [0.15, 0.2) is 28.7 Å². The number of nitrogens with two attached hydrogens (primary N) is 1. The molecule has 0 saturated heterocycles. The van der Waals surface area contributed by atoms with Gasteiger partial charge in [0.25, 0.3) is 5.91 Å². The molecule has 122 valence electrons. The van der Waals surface area contributed by atoms with Crippen LogP contribution in [0.3, 0.4) is 0 Å². The average molecular weight is 401 g/mol. The van der Waals surface area contributed by atoms with Crippen LogP contribution in [0.4, 0.5) is 0 Å². The lowest BCUT2D eigenvalue weighted by Gasteiger charge is -2.15. The molecule has 0 bridgehead atoms. The van der Waals surface area contributed by atoms with Gasteiger partial charge in [0.05, 0.1) is 11.3 Å². The van der Waals surface area contributed by atoms with E-state index in [1.54, 1.807) is 11.3 Å². The van der Waals surface area contributed by atoms with Gasteiger partial charge in [-0.05, 0) is 55.9 Å². The third-order valence-electron chi connectivity index (χ3n) is 4.66. The van der Waals surface area contributed by atoms with Gasteiger partial charge >= 0.3 is 0 Å². The minimum atomic E-state index is -0.407. The van der Waals surface area contributed by atoms with E-state index in [2.05, 4.69) is 15.9 Å². The Morgan fingerprint density at radius 3 is 2.62 bits per heavy atom. The molecule has 0 spiro atoms. The lowest BCUT2D eigenvalue weighted by molar-refractivity contribution is 0.1000. The van der Waals surface area contributed by atoms with Gasteiger partial charge in [-0.1, -0.05) is 28.1 Å². The highest BCUT2D eigenvalue weighted by atomic mass is 79.9. The van der Waals surface area contributed by atoms with Crippen LogP contribution < -0.4 is 5.73 Å². The molecule has 0 unspecified atom stereocenters. The number of carbonyl (C=O) groups excluding carboxylic acids is 1. The van der Waals surface area contributed by atoms with E-state index in [-0.39, 0.29) is 0 Å². The Hall–Kier alpha value is -1.72. The second-order valence-corrected chi connectivity index (χ2v) is 8.21. The molecule has 0 atom stereocenters. The Kier molecular flexibility index (Phi) is 3.93. The van der Waals surface area contributed by atoms with Crippen LogP contribution in [0.2, 0.25) is 0 Å². The van der Waals surface area contributed by atoms with E-state index in [1.807, 2.05) is 31.2 Å². The van der Waals surface area contributed by atoms with Crippen LogP contribution in [-0.2, 0) is 12.8 Å². The zero-order valence-corrected chi connectivity index (χ0v) is 15.8. The van der Waals surface area contributed by atoms with Gasteiger partial charge in [0, 0.05) is 20.3 Å². The predicted octanol–water partition coefficient (Wildman–Crippen LogP) is 5.01. The monoisotopic (exact) mass is 400 g/mol. The van der Waals surface area contributed by atoms with E-state index in [4.69, 9.17) is 10.7 Å². The maximum absolute atomic E-state index is 12.2. The van der Waals surface area contributed by atoms with Crippen molar-refractivity contribution in [3.05, 3.63) is 50.4 Å². The van der Waals surface area contributed by atoms with E-state index in [9.17, 15) is 4.79 Å². The smallest absolute Gasteiger partial charge is 0.251 e. The SMILES string of the molecule is Cc1nc2sc3c(c2c(-c2ccc(Br)cc2)c1C(N)=O)CCCC3. The van der Waals surface area contributed by atoms with E-state index < -0.39 is 5.91 Å². The Labute approximate surface area is 153 Å². The molecule has 3 nitrogen and oxygen atoms in total. The number of aryl methyl sites for hydroxylation is 3. The number of halogens is 1. The first kappa shape index (κ1) is 15.8. The van der Waals surface area contributed by atoms with Gasteiger partial charge in [-0.15, -0.1) is 11.3 Å². The quantitative estimate of drug-likeness (QED) is 0.656. The van der Waals surface area contributed by atoms with Crippen molar-refractivity contribution < 1.29 is 4.79 Å². The highest BCUT2D eigenvalue weighted by molar-refractivity contribution is 9.10. The topological polar surface area (TPSA) is 56.0 Å². The number of hydrogen-bond acceptors (Lipinski definition) is 3. The molecule has 1 aliphatic carbocycles. The van der Waals surface area contributed by atoms with Crippen molar-refractivity contribution >= 4 is 43.4 Å². The molecular weight excluding hydrogens is 384 g/mol. The average Bonchev–Trinajstić information content (AvgIpc) is 2.92. The third kappa shape index (κ3) is 2.47. The van der Waals surface area contributed by atoms with Crippen LogP contribution >= 0.6 is 27.3 Å². The molecule has 1 aliphatic rings. The van der Waals surface area contributed by atoms with E-state index >= 15 is 0 Å². The Balaban J connectivity index is 2.13. The fourth-order valence-corrected chi connectivity index (χ4v) is 5.19. The van der Waals surface area contributed by atoms with E-state index in [0.717, 1.165) is 38.7 Å². The molecule has 1 aromatic carbocycles. The molecule has 0 saturated carbocycles. The predicted molar refractivity (Wildman–Crippen MR) is 103 cm³/mol. The number of pyridine rings is 1. The normalized spacial score (nSPS) is 13.9. The molecule has 3 aromatic rings. The molecule has 1 amide bonds. The summed E-state index contributed by atoms with van der Waals surface area (Å²) in [7, 11) is 0. The van der Waals surface area contributed by atoms with Gasteiger partial charge in [-0.2, -0.15) is 0 Å². The summed E-state index contributed by atoms with van der Waals surface area (Å²) in [4.78, 5) is 19.4. The number of amides is 1. The first-order valence-electron chi connectivity index (χ1n) is 8.07. The summed E-state index contributed by atoms with van der Waals surface area (Å²) < 4.78 is 1.02. The molecule has 24 heavy (non-hydrogen) atoms. The molecule has 0 aliphatic heterocycles. The largest absolute Gasteiger partial charge is 0.366 e. The molecule has 0 radical (unpaired) electrons. The lowest BCUT2D eigenvalue weighted by Crippen LogP contribution is -2.15. The summed E-state index contributed by atoms with van der Waals surface area (Å²) in [5, 5.41) is 1.14. The number of fused-ring (bicyclic) bond motifs is 3. The van der Waals surface area contributed by atoms with Gasteiger partial charge in [0.15, 0.2) is 0 Å². The van der Waals surface area contributed by atoms with Crippen molar-refractivity contribution in [1.82, 2.24) is 4.98 Å². The standard InChI is InChI=1S/C19H17BrN2OS/c1-10-15(18(21)23)16(11-6-8-12(20)9-7-11)17-13-4-2-3-5-14(13)24-19(17)22-10/h6-9H,2-5H2,1H3,(H2,21,23). The van der Waals surface area contributed by atoms with E-state index in [1.165, 1.54) is 23.3 Å². The van der Waals surface area contributed by atoms with Crippen LogP contribution in [-0.4, -0.2) is 10.9 Å². The number of thiophene rings is 1. The number of hydrogen-bond donors (Lipinski definition) is 1. The van der Waals surface area contributed by atoms with Crippen molar-refractivity contribution in [2.45, 2.75) is 32.6 Å². The highest BCUT2D eigenvalue weighted by Crippen LogP contribution is 2.43. The molecule has 2 N–H and O–H groups in total. The summed E-state index contributed by atoms with van der Waals surface area (Å²) in [5.41, 5.74) is 10.3. The minimum absolute atomic E-state index is 0.407. The zero-order chi connectivity index (χ0) is 16.8. The van der Waals surface area contributed by atoms with Crippen LogP contribution in [0.1, 0.15) is 39.3 Å². The molecule has 5 heteroatoms. The van der Waals surface area contributed by atoms with Crippen molar-refractivity contribution in [3.63, 3.8) is 0 Å². The molecule has 2 heterocycles. The van der Waals surface area contributed by atoms with Gasteiger partial charge in [0.1, 0.15) is 4.83 Å². The number of rotatable bonds is 2. The summed E-state index contributed by atoms with van der Waals surface area (Å²) in [6.45, 7) is 1.88. The fraction of sp³-hybridized carbons (Fsp3) is 0.263. The second kappa shape index (κ2) is 5.97. The number of benzene rings is 1. The summed E-state index contributed by atoms with van der Waals surface area (Å²) in [6, 6.07) is 8.08. The summed E-state index contributed by atoms with van der Waals surface area (Å²) in [6.07, 6.45) is 4.59. The van der Waals surface area contributed by atoms with Crippen molar-refractivity contribution in [2.75, 3.05) is 0 Å². The Bertz CT molecular complexity index is 960. The lowest BCUT2D eigenvalue weighted by atomic mass is 9.89. The first-order chi connectivity index (χ1) is 11.6. The van der Waals surface area contributed by atoms with E-state index in [0.29, 0.717) is 11.3 Å². The van der Waals surface area contributed by atoms with Gasteiger partial charge in [-0.3, -0.25) is 4.79 Å². The number of aromatic nitrogens is 1.